The normalized spacial score (nSPS) is 13.0. The van der Waals surface area contributed by atoms with Crippen molar-refractivity contribution in [2.24, 2.45) is 5.92 Å². The Kier molecular flexibility index (Phi) is 9.73. The van der Waals surface area contributed by atoms with Crippen LogP contribution in [-0.4, -0.2) is 41.0 Å². The number of carbonyl (C=O) groups is 3. The number of ether oxygens (including phenoxy) is 1. The maximum absolute atomic E-state index is 14.1. The molecule has 0 aliphatic heterocycles. The lowest BCUT2D eigenvalue weighted by atomic mass is 9.96. The molecule has 7 heteroatoms. The lowest BCUT2D eigenvalue weighted by Crippen LogP contribution is -2.54. The topological polar surface area (TPSA) is 87.7 Å². The standard InChI is InChI=1S/C32H41N3O4/c1-8-19-35(30(37)27(21(2)3)34-31(38)39-32(5,6)7)28(26-16-12-9-13-22(26)4)29(36)33-25-18-17-23-14-10-11-15-24(23)20-25/h9-18,20-21,27-28H,8,19H2,1-7H3,(H,33,36)(H,34,38). The van der Waals surface area contributed by atoms with Crippen molar-refractivity contribution in [2.45, 2.75) is 72.6 Å². The second-order valence-corrected chi connectivity index (χ2v) is 11.2. The van der Waals surface area contributed by atoms with Crippen LogP contribution in [0.3, 0.4) is 0 Å². The van der Waals surface area contributed by atoms with Crippen molar-refractivity contribution in [3.05, 3.63) is 77.9 Å². The lowest BCUT2D eigenvalue weighted by molar-refractivity contribution is -0.141. The molecule has 0 fully saturated rings. The second kappa shape index (κ2) is 12.8. The number of amides is 3. The highest BCUT2D eigenvalue weighted by Crippen LogP contribution is 2.29. The minimum absolute atomic E-state index is 0.231. The summed E-state index contributed by atoms with van der Waals surface area (Å²) in [5, 5.41) is 7.88. The Hall–Kier alpha value is -3.87. The molecule has 0 radical (unpaired) electrons. The van der Waals surface area contributed by atoms with E-state index in [1.165, 1.54) is 0 Å². The van der Waals surface area contributed by atoms with Gasteiger partial charge in [0, 0.05) is 12.2 Å². The van der Waals surface area contributed by atoms with Crippen molar-refractivity contribution in [1.29, 1.82) is 0 Å². The molecular formula is C32H41N3O4. The van der Waals surface area contributed by atoms with Gasteiger partial charge in [0.15, 0.2) is 0 Å². The summed E-state index contributed by atoms with van der Waals surface area (Å²) < 4.78 is 5.43. The minimum Gasteiger partial charge on any atom is -0.444 e. The SMILES string of the molecule is CCCN(C(=O)C(NC(=O)OC(C)(C)C)C(C)C)C(C(=O)Nc1ccc2ccccc2c1)c1ccccc1C. The summed E-state index contributed by atoms with van der Waals surface area (Å²) in [7, 11) is 0. The quantitative estimate of drug-likeness (QED) is 0.325. The van der Waals surface area contributed by atoms with Gasteiger partial charge in [-0.1, -0.05) is 75.4 Å². The van der Waals surface area contributed by atoms with E-state index < -0.39 is 23.8 Å². The first-order chi connectivity index (χ1) is 18.4. The van der Waals surface area contributed by atoms with Crippen molar-refractivity contribution in [3.63, 3.8) is 0 Å². The summed E-state index contributed by atoms with van der Waals surface area (Å²) in [5.41, 5.74) is 1.57. The van der Waals surface area contributed by atoms with Gasteiger partial charge in [-0.3, -0.25) is 9.59 Å². The summed E-state index contributed by atoms with van der Waals surface area (Å²) >= 11 is 0. The molecule has 39 heavy (non-hydrogen) atoms. The summed E-state index contributed by atoms with van der Waals surface area (Å²) in [6, 6.07) is 19.5. The highest BCUT2D eigenvalue weighted by atomic mass is 16.6. The number of carbonyl (C=O) groups excluding carboxylic acids is 3. The molecule has 3 aromatic carbocycles. The van der Waals surface area contributed by atoms with Gasteiger partial charge >= 0.3 is 6.09 Å². The summed E-state index contributed by atoms with van der Waals surface area (Å²) in [4.78, 5) is 42.4. The highest BCUT2D eigenvalue weighted by Gasteiger charge is 2.37. The molecule has 3 aromatic rings. The van der Waals surface area contributed by atoms with E-state index in [0.29, 0.717) is 18.7 Å². The Labute approximate surface area is 231 Å². The molecule has 0 aliphatic rings. The van der Waals surface area contributed by atoms with Crippen LogP contribution in [0.15, 0.2) is 66.7 Å². The molecule has 2 N–H and O–H groups in total. The number of hydrogen-bond donors (Lipinski definition) is 2. The zero-order chi connectivity index (χ0) is 28.7. The number of anilines is 1. The molecule has 3 rings (SSSR count). The van der Waals surface area contributed by atoms with E-state index in [0.717, 1.165) is 21.9 Å². The van der Waals surface area contributed by atoms with E-state index in [9.17, 15) is 14.4 Å². The maximum atomic E-state index is 14.1. The lowest BCUT2D eigenvalue weighted by Gasteiger charge is -2.36. The number of hydrogen-bond acceptors (Lipinski definition) is 4. The summed E-state index contributed by atoms with van der Waals surface area (Å²) in [6.45, 7) is 13.3. The number of rotatable bonds is 9. The molecule has 0 aromatic heterocycles. The Morgan fingerprint density at radius 1 is 0.923 bits per heavy atom. The summed E-state index contributed by atoms with van der Waals surface area (Å²) in [5.74, 6) is -0.883. The Morgan fingerprint density at radius 2 is 1.56 bits per heavy atom. The van der Waals surface area contributed by atoms with Crippen LogP contribution in [-0.2, 0) is 14.3 Å². The zero-order valence-corrected chi connectivity index (χ0v) is 24.1. The van der Waals surface area contributed by atoms with Crippen molar-refractivity contribution >= 4 is 34.4 Å². The van der Waals surface area contributed by atoms with Gasteiger partial charge in [-0.05, 0) is 74.1 Å². The van der Waals surface area contributed by atoms with E-state index in [-0.39, 0.29) is 17.7 Å². The Balaban J connectivity index is 2.00. The van der Waals surface area contributed by atoms with Crippen LogP contribution in [0.5, 0.6) is 0 Å². The largest absolute Gasteiger partial charge is 0.444 e. The highest BCUT2D eigenvalue weighted by molar-refractivity contribution is 6.00. The zero-order valence-electron chi connectivity index (χ0n) is 24.1. The first-order valence-electron chi connectivity index (χ1n) is 13.6. The monoisotopic (exact) mass is 531 g/mol. The molecule has 0 aliphatic carbocycles. The molecule has 0 saturated carbocycles. The number of benzene rings is 3. The van der Waals surface area contributed by atoms with Crippen LogP contribution in [0, 0.1) is 12.8 Å². The van der Waals surface area contributed by atoms with Gasteiger partial charge in [0.05, 0.1) is 0 Å². The van der Waals surface area contributed by atoms with E-state index in [2.05, 4.69) is 10.6 Å². The summed E-state index contributed by atoms with van der Waals surface area (Å²) in [6.07, 6.45) is -0.0340. The molecule has 7 nitrogen and oxygen atoms in total. The van der Waals surface area contributed by atoms with Crippen LogP contribution < -0.4 is 10.6 Å². The maximum Gasteiger partial charge on any atom is 0.408 e. The fraction of sp³-hybridized carbons (Fsp3) is 0.406. The number of alkyl carbamates (subject to hydrolysis) is 1. The average molecular weight is 532 g/mol. The molecule has 0 bridgehead atoms. The van der Waals surface area contributed by atoms with Gasteiger partial charge in [-0.15, -0.1) is 0 Å². The Bertz CT molecular complexity index is 1310. The number of aryl methyl sites for hydroxylation is 1. The molecule has 3 amide bonds. The van der Waals surface area contributed by atoms with Crippen LogP contribution in [0.2, 0.25) is 0 Å². The van der Waals surface area contributed by atoms with Crippen LogP contribution >= 0.6 is 0 Å². The molecule has 208 valence electrons. The molecule has 0 saturated heterocycles. The van der Waals surface area contributed by atoms with Crippen LogP contribution in [0.25, 0.3) is 10.8 Å². The smallest absolute Gasteiger partial charge is 0.408 e. The fourth-order valence-corrected chi connectivity index (χ4v) is 4.56. The third-order valence-electron chi connectivity index (χ3n) is 6.41. The van der Waals surface area contributed by atoms with Gasteiger partial charge in [0.2, 0.25) is 5.91 Å². The van der Waals surface area contributed by atoms with E-state index >= 15 is 0 Å². The molecule has 2 unspecified atom stereocenters. The third-order valence-corrected chi connectivity index (χ3v) is 6.41. The van der Waals surface area contributed by atoms with Gasteiger partial charge in [0.25, 0.3) is 5.91 Å². The molecule has 0 heterocycles. The first-order valence-corrected chi connectivity index (χ1v) is 13.6. The van der Waals surface area contributed by atoms with Crippen LogP contribution in [0.4, 0.5) is 10.5 Å². The van der Waals surface area contributed by atoms with E-state index in [1.54, 1.807) is 25.7 Å². The van der Waals surface area contributed by atoms with Gasteiger partial charge in [0.1, 0.15) is 17.7 Å². The van der Waals surface area contributed by atoms with E-state index in [1.807, 2.05) is 94.4 Å². The van der Waals surface area contributed by atoms with Crippen molar-refractivity contribution in [1.82, 2.24) is 10.2 Å². The minimum atomic E-state index is -0.896. The van der Waals surface area contributed by atoms with Crippen molar-refractivity contribution < 1.29 is 19.1 Å². The molecule has 2 atom stereocenters. The van der Waals surface area contributed by atoms with Crippen molar-refractivity contribution in [2.75, 3.05) is 11.9 Å². The molecule has 0 spiro atoms. The van der Waals surface area contributed by atoms with Gasteiger partial charge in [-0.2, -0.15) is 0 Å². The predicted octanol–water partition coefficient (Wildman–Crippen LogP) is 6.62. The first kappa shape index (κ1) is 29.7. The number of nitrogens with one attached hydrogen (secondary N) is 2. The second-order valence-electron chi connectivity index (χ2n) is 11.2. The average Bonchev–Trinajstić information content (AvgIpc) is 2.86. The van der Waals surface area contributed by atoms with E-state index in [4.69, 9.17) is 4.74 Å². The van der Waals surface area contributed by atoms with Crippen molar-refractivity contribution in [3.8, 4) is 0 Å². The predicted molar refractivity (Wildman–Crippen MR) is 156 cm³/mol. The third kappa shape index (κ3) is 7.82. The number of fused-ring (bicyclic) bond motifs is 1. The van der Waals surface area contributed by atoms with Crippen LogP contribution in [0.1, 0.15) is 65.1 Å². The van der Waals surface area contributed by atoms with Gasteiger partial charge in [-0.25, -0.2) is 4.79 Å². The molecular weight excluding hydrogens is 490 g/mol. The fourth-order valence-electron chi connectivity index (χ4n) is 4.56. The number of nitrogens with zero attached hydrogens (tertiary/aromatic N) is 1. The Morgan fingerprint density at radius 3 is 2.18 bits per heavy atom. The van der Waals surface area contributed by atoms with Gasteiger partial charge < -0.3 is 20.3 Å².